The van der Waals surface area contributed by atoms with Gasteiger partial charge in [0.25, 0.3) is 5.91 Å². The van der Waals surface area contributed by atoms with Crippen LogP contribution in [0.5, 0.6) is 5.75 Å². The van der Waals surface area contributed by atoms with E-state index >= 15 is 0 Å². The first-order valence-corrected chi connectivity index (χ1v) is 6.86. The number of furan rings is 1. The number of halogens is 1. The van der Waals surface area contributed by atoms with Gasteiger partial charge < -0.3 is 20.2 Å². The quantitative estimate of drug-likeness (QED) is 0.856. The van der Waals surface area contributed by atoms with Crippen LogP contribution in [0.1, 0.15) is 28.6 Å². The Morgan fingerprint density at radius 3 is 2.82 bits per heavy atom. The van der Waals surface area contributed by atoms with Crippen molar-refractivity contribution in [2.75, 3.05) is 6.61 Å². The van der Waals surface area contributed by atoms with E-state index in [0.717, 1.165) is 11.3 Å². The molecule has 0 fully saturated rings. The number of hydrogen-bond donors (Lipinski definition) is 2. The standard InChI is InChI=1S/C16H20N2O3.ClH/c1-11-4-3-5-14(6-11)20-9-12(2)18-16(19)13-7-15(8-17)21-10-13;/h3-7,10,12H,8-9,17H2,1-2H3,(H,18,19);1H. The molecule has 120 valence electrons. The van der Waals surface area contributed by atoms with E-state index in [1.165, 1.54) is 6.26 Å². The number of aryl methyl sites for hydroxylation is 1. The number of nitrogens with one attached hydrogen (secondary N) is 1. The van der Waals surface area contributed by atoms with E-state index in [1.807, 2.05) is 38.1 Å². The minimum Gasteiger partial charge on any atom is -0.491 e. The lowest BCUT2D eigenvalue weighted by Crippen LogP contribution is -2.36. The van der Waals surface area contributed by atoms with Crippen LogP contribution in [0.4, 0.5) is 0 Å². The fourth-order valence-corrected chi connectivity index (χ4v) is 1.88. The van der Waals surface area contributed by atoms with Gasteiger partial charge in [0.05, 0.1) is 18.2 Å². The van der Waals surface area contributed by atoms with Crippen LogP contribution in [0.25, 0.3) is 0 Å². The SMILES string of the molecule is Cc1cccc(OCC(C)NC(=O)c2coc(CN)c2)c1.Cl. The molecule has 1 atom stereocenters. The highest BCUT2D eigenvalue weighted by Gasteiger charge is 2.13. The fourth-order valence-electron chi connectivity index (χ4n) is 1.88. The monoisotopic (exact) mass is 324 g/mol. The average molecular weight is 325 g/mol. The molecule has 0 saturated heterocycles. The van der Waals surface area contributed by atoms with Gasteiger partial charge in [0.15, 0.2) is 0 Å². The van der Waals surface area contributed by atoms with Crippen molar-refractivity contribution in [2.45, 2.75) is 26.4 Å². The highest BCUT2D eigenvalue weighted by Crippen LogP contribution is 2.12. The first-order valence-electron chi connectivity index (χ1n) is 6.86. The van der Waals surface area contributed by atoms with Crippen LogP contribution in [0.2, 0.25) is 0 Å². The first-order chi connectivity index (χ1) is 10.1. The molecule has 0 radical (unpaired) electrons. The maximum Gasteiger partial charge on any atom is 0.254 e. The van der Waals surface area contributed by atoms with E-state index in [-0.39, 0.29) is 30.9 Å². The van der Waals surface area contributed by atoms with Gasteiger partial charge >= 0.3 is 0 Å². The molecule has 0 bridgehead atoms. The topological polar surface area (TPSA) is 77.5 Å². The van der Waals surface area contributed by atoms with Gasteiger partial charge in [-0.1, -0.05) is 12.1 Å². The lowest BCUT2D eigenvalue weighted by molar-refractivity contribution is 0.0926. The van der Waals surface area contributed by atoms with E-state index in [1.54, 1.807) is 6.07 Å². The summed E-state index contributed by atoms with van der Waals surface area (Å²) in [5.74, 6) is 1.19. The van der Waals surface area contributed by atoms with Gasteiger partial charge in [0, 0.05) is 0 Å². The summed E-state index contributed by atoms with van der Waals surface area (Å²) in [7, 11) is 0. The number of rotatable bonds is 6. The summed E-state index contributed by atoms with van der Waals surface area (Å²) in [6, 6.07) is 9.32. The van der Waals surface area contributed by atoms with Crippen LogP contribution in [0.3, 0.4) is 0 Å². The third-order valence-electron chi connectivity index (χ3n) is 2.98. The summed E-state index contributed by atoms with van der Waals surface area (Å²) < 4.78 is 10.8. The highest BCUT2D eigenvalue weighted by molar-refractivity contribution is 5.94. The van der Waals surface area contributed by atoms with Crippen molar-refractivity contribution in [3.05, 3.63) is 53.5 Å². The summed E-state index contributed by atoms with van der Waals surface area (Å²) in [4.78, 5) is 12.0. The molecule has 0 aliphatic carbocycles. The van der Waals surface area contributed by atoms with Crippen molar-refractivity contribution in [3.8, 4) is 5.75 Å². The van der Waals surface area contributed by atoms with Crippen molar-refractivity contribution in [1.29, 1.82) is 0 Å². The predicted molar refractivity (Wildman–Crippen MR) is 87.4 cm³/mol. The minimum atomic E-state index is -0.196. The van der Waals surface area contributed by atoms with Crippen LogP contribution in [-0.2, 0) is 6.54 Å². The number of carbonyl (C=O) groups is 1. The molecule has 2 rings (SSSR count). The van der Waals surface area contributed by atoms with Gasteiger partial charge in [-0.15, -0.1) is 12.4 Å². The molecule has 0 saturated carbocycles. The molecule has 5 nitrogen and oxygen atoms in total. The minimum absolute atomic E-state index is 0. The Bertz CT molecular complexity index is 613. The van der Waals surface area contributed by atoms with E-state index in [2.05, 4.69) is 5.32 Å². The van der Waals surface area contributed by atoms with Crippen molar-refractivity contribution >= 4 is 18.3 Å². The van der Waals surface area contributed by atoms with Crippen LogP contribution < -0.4 is 15.8 Å². The second-order valence-corrected chi connectivity index (χ2v) is 5.01. The Hall–Kier alpha value is -1.98. The zero-order chi connectivity index (χ0) is 15.2. The molecule has 3 N–H and O–H groups in total. The van der Waals surface area contributed by atoms with E-state index in [9.17, 15) is 4.79 Å². The predicted octanol–water partition coefficient (Wildman–Crippen LogP) is 2.67. The molecule has 2 aromatic rings. The molecule has 0 spiro atoms. The average Bonchev–Trinajstić information content (AvgIpc) is 2.94. The number of amides is 1. The normalized spacial score (nSPS) is 11.4. The second-order valence-electron chi connectivity index (χ2n) is 5.01. The summed E-state index contributed by atoms with van der Waals surface area (Å²) in [5.41, 5.74) is 7.05. The van der Waals surface area contributed by atoms with E-state index < -0.39 is 0 Å². The Balaban J connectivity index is 0.00000242. The largest absolute Gasteiger partial charge is 0.491 e. The number of hydrogen-bond acceptors (Lipinski definition) is 4. The van der Waals surface area contributed by atoms with Gasteiger partial charge in [-0.3, -0.25) is 4.79 Å². The zero-order valence-corrected chi connectivity index (χ0v) is 13.5. The zero-order valence-electron chi connectivity index (χ0n) is 12.7. The lowest BCUT2D eigenvalue weighted by Gasteiger charge is -2.14. The maximum atomic E-state index is 12.0. The molecule has 1 aromatic heterocycles. The number of benzene rings is 1. The Morgan fingerprint density at radius 1 is 1.41 bits per heavy atom. The molecule has 6 heteroatoms. The molecule has 1 aromatic carbocycles. The smallest absolute Gasteiger partial charge is 0.254 e. The van der Waals surface area contributed by atoms with E-state index in [4.69, 9.17) is 14.9 Å². The van der Waals surface area contributed by atoms with Gasteiger partial charge in [0.2, 0.25) is 0 Å². The fraction of sp³-hybridized carbons (Fsp3) is 0.312. The lowest BCUT2D eigenvalue weighted by atomic mass is 10.2. The molecule has 0 aliphatic rings. The van der Waals surface area contributed by atoms with Gasteiger partial charge in [0.1, 0.15) is 24.4 Å². The van der Waals surface area contributed by atoms with E-state index in [0.29, 0.717) is 17.9 Å². The molecule has 1 amide bonds. The number of carbonyl (C=O) groups excluding carboxylic acids is 1. The summed E-state index contributed by atoms with van der Waals surface area (Å²) in [6.07, 6.45) is 1.41. The summed E-state index contributed by atoms with van der Waals surface area (Å²) in [6.45, 7) is 4.57. The van der Waals surface area contributed by atoms with Gasteiger partial charge in [-0.2, -0.15) is 0 Å². The van der Waals surface area contributed by atoms with Crippen LogP contribution in [0.15, 0.2) is 41.0 Å². The molecule has 0 aliphatic heterocycles. The first kappa shape index (κ1) is 18.1. The van der Waals surface area contributed by atoms with Crippen molar-refractivity contribution in [1.82, 2.24) is 5.32 Å². The van der Waals surface area contributed by atoms with Gasteiger partial charge in [-0.25, -0.2) is 0 Å². The highest BCUT2D eigenvalue weighted by atomic mass is 35.5. The summed E-state index contributed by atoms with van der Waals surface area (Å²) >= 11 is 0. The molecular formula is C16H21ClN2O3. The van der Waals surface area contributed by atoms with Crippen molar-refractivity contribution in [2.24, 2.45) is 5.73 Å². The molecule has 22 heavy (non-hydrogen) atoms. The number of nitrogens with two attached hydrogens (primary N) is 1. The molecule has 1 unspecified atom stereocenters. The van der Waals surface area contributed by atoms with Crippen molar-refractivity contribution in [3.63, 3.8) is 0 Å². The van der Waals surface area contributed by atoms with Crippen LogP contribution in [-0.4, -0.2) is 18.6 Å². The molecular weight excluding hydrogens is 304 g/mol. The second kappa shape index (κ2) is 8.46. The van der Waals surface area contributed by atoms with Crippen LogP contribution >= 0.6 is 12.4 Å². The Morgan fingerprint density at radius 2 is 2.18 bits per heavy atom. The third-order valence-corrected chi connectivity index (χ3v) is 2.98. The Labute approximate surface area is 136 Å². The molecule has 1 heterocycles. The number of ether oxygens (including phenoxy) is 1. The maximum absolute atomic E-state index is 12.0. The summed E-state index contributed by atoms with van der Waals surface area (Å²) in [5, 5.41) is 2.85. The van der Waals surface area contributed by atoms with Crippen molar-refractivity contribution < 1.29 is 13.9 Å². The van der Waals surface area contributed by atoms with Crippen LogP contribution in [0, 0.1) is 6.92 Å². The van der Waals surface area contributed by atoms with Gasteiger partial charge in [-0.05, 0) is 37.6 Å². The third kappa shape index (κ3) is 5.09. The Kier molecular flexibility index (Phi) is 6.95.